The van der Waals surface area contributed by atoms with Gasteiger partial charge < -0.3 is 10.3 Å². The zero-order valence-corrected chi connectivity index (χ0v) is 12.2. The molecule has 7 heteroatoms. The van der Waals surface area contributed by atoms with Crippen molar-refractivity contribution in [2.75, 3.05) is 0 Å². The third kappa shape index (κ3) is 2.73. The third-order valence-corrected chi connectivity index (χ3v) is 3.30. The molecule has 0 saturated heterocycles. The van der Waals surface area contributed by atoms with Gasteiger partial charge in [0, 0.05) is 18.2 Å². The lowest BCUT2D eigenvalue weighted by atomic mass is 10.1. The standard InChI is InChI=1S/C15H16N4O3/c1-9(2)18-13(8-7-12(14(16)17)15(18)20)10-3-5-11(6-4-10)19(21)22/h3-9H,1-2H3,(H3,16,17). The van der Waals surface area contributed by atoms with Gasteiger partial charge in [0.15, 0.2) is 0 Å². The summed E-state index contributed by atoms with van der Waals surface area (Å²) in [5.74, 6) is -0.283. The van der Waals surface area contributed by atoms with E-state index in [0.717, 1.165) is 0 Å². The van der Waals surface area contributed by atoms with Crippen LogP contribution >= 0.6 is 0 Å². The van der Waals surface area contributed by atoms with Crippen LogP contribution in [0.4, 0.5) is 5.69 Å². The van der Waals surface area contributed by atoms with E-state index in [1.165, 1.54) is 22.8 Å². The zero-order valence-electron chi connectivity index (χ0n) is 12.2. The summed E-state index contributed by atoms with van der Waals surface area (Å²) < 4.78 is 1.53. The highest BCUT2D eigenvalue weighted by molar-refractivity contribution is 5.94. The summed E-state index contributed by atoms with van der Waals surface area (Å²) in [5.41, 5.74) is 6.51. The van der Waals surface area contributed by atoms with Crippen LogP contribution in [0.15, 0.2) is 41.2 Å². The molecule has 1 aromatic heterocycles. The maximum absolute atomic E-state index is 12.5. The Hall–Kier alpha value is -2.96. The molecule has 0 aliphatic carbocycles. The Morgan fingerprint density at radius 3 is 2.27 bits per heavy atom. The van der Waals surface area contributed by atoms with E-state index < -0.39 is 4.92 Å². The van der Waals surface area contributed by atoms with Crippen LogP contribution < -0.4 is 11.3 Å². The summed E-state index contributed by atoms with van der Waals surface area (Å²) >= 11 is 0. The van der Waals surface area contributed by atoms with Crippen molar-refractivity contribution in [2.24, 2.45) is 5.73 Å². The molecule has 0 saturated carbocycles. The Labute approximate surface area is 126 Å². The van der Waals surface area contributed by atoms with Gasteiger partial charge in [0.2, 0.25) is 0 Å². The van der Waals surface area contributed by atoms with Crippen LogP contribution in [0.3, 0.4) is 0 Å². The SMILES string of the molecule is CC(C)n1c(-c2ccc([N+](=O)[O-])cc2)ccc(C(=N)N)c1=O. The first-order valence-electron chi connectivity index (χ1n) is 6.67. The minimum atomic E-state index is -0.474. The maximum atomic E-state index is 12.5. The van der Waals surface area contributed by atoms with Crippen molar-refractivity contribution in [3.05, 3.63) is 62.4 Å². The first-order chi connectivity index (χ1) is 10.3. The van der Waals surface area contributed by atoms with E-state index in [1.807, 2.05) is 13.8 Å². The van der Waals surface area contributed by atoms with E-state index in [9.17, 15) is 14.9 Å². The van der Waals surface area contributed by atoms with Gasteiger partial charge in [0.05, 0.1) is 16.2 Å². The van der Waals surface area contributed by atoms with Crippen LogP contribution in [0, 0.1) is 15.5 Å². The summed E-state index contributed by atoms with van der Waals surface area (Å²) in [7, 11) is 0. The number of nitro groups is 1. The smallest absolute Gasteiger partial charge is 0.269 e. The van der Waals surface area contributed by atoms with Crippen LogP contribution in [0.2, 0.25) is 0 Å². The minimum Gasteiger partial charge on any atom is -0.384 e. The summed E-state index contributed by atoms with van der Waals surface area (Å²) in [6.45, 7) is 3.69. The number of nitrogen functional groups attached to an aromatic ring is 1. The number of nitro benzene ring substituents is 1. The molecule has 0 amide bonds. The molecule has 22 heavy (non-hydrogen) atoms. The molecule has 1 aromatic carbocycles. The Kier molecular flexibility index (Phi) is 4.07. The van der Waals surface area contributed by atoms with Crippen LogP contribution in [0.5, 0.6) is 0 Å². The Morgan fingerprint density at radius 2 is 1.82 bits per heavy atom. The number of rotatable bonds is 4. The second kappa shape index (κ2) is 5.80. The fourth-order valence-electron chi connectivity index (χ4n) is 2.26. The van der Waals surface area contributed by atoms with Gasteiger partial charge in [-0.05, 0) is 43.7 Å². The summed E-state index contributed by atoms with van der Waals surface area (Å²) in [6, 6.07) is 9.03. The zero-order chi connectivity index (χ0) is 16.4. The monoisotopic (exact) mass is 300 g/mol. The Morgan fingerprint density at radius 1 is 1.23 bits per heavy atom. The molecule has 2 aromatic rings. The molecule has 0 spiro atoms. The lowest BCUT2D eigenvalue weighted by Crippen LogP contribution is -2.31. The van der Waals surface area contributed by atoms with Gasteiger partial charge in [-0.15, -0.1) is 0 Å². The normalized spacial score (nSPS) is 10.7. The number of benzene rings is 1. The van der Waals surface area contributed by atoms with E-state index in [-0.39, 0.29) is 28.7 Å². The van der Waals surface area contributed by atoms with Crippen LogP contribution in [0.1, 0.15) is 25.5 Å². The molecule has 114 valence electrons. The summed E-state index contributed by atoms with van der Waals surface area (Å²) in [6.07, 6.45) is 0. The fraction of sp³-hybridized carbons (Fsp3) is 0.200. The van der Waals surface area contributed by atoms with Crippen molar-refractivity contribution in [1.29, 1.82) is 5.41 Å². The van der Waals surface area contributed by atoms with Crippen LogP contribution in [-0.4, -0.2) is 15.3 Å². The molecule has 0 bridgehead atoms. The second-order valence-corrected chi connectivity index (χ2v) is 5.12. The number of hydrogen-bond acceptors (Lipinski definition) is 4. The predicted molar refractivity (Wildman–Crippen MR) is 84.2 cm³/mol. The van der Waals surface area contributed by atoms with Crippen LogP contribution in [0.25, 0.3) is 11.3 Å². The first-order valence-corrected chi connectivity index (χ1v) is 6.67. The second-order valence-electron chi connectivity index (χ2n) is 5.12. The molecule has 0 aliphatic rings. The molecule has 0 aliphatic heterocycles. The molecule has 7 nitrogen and oxygen atoms in total. The molecular formula is C15H16N4O3. The van der Waals surface area contributed by atoms with Crippen molar-refractivity contribution in [2.45, 2.75) is 19.9 Å². The molecular weight excluding hydrogens is 284 g/mol. The van der Waals surface area contributed by atoms with E-state index in [1.54, 1.807) is 18.2 Å². The molecule has 0 unspecified atom stereocenters. The Balaban J connectivity index is 2.65. The van der Waals surface area contributed by atoms with Crippen molar-refractivity contribution in [3.63, 3.8) is 0 Å². The van der Waals surface area contributed by atoms with Gasteiger partial charge in [-0.25, -0.2) is 0 Å². The third-order valence-electron chi connectivity index (χ3n) is 3.30. The molecule has 0 atom stereocenters. The number of nitrogens with zero attached hydrogens (tertiary/aromatic N) is 2. The highest BCUT2D eigenvalue weighted by Gasteiger charge is 2.15. The fourth-order valence-corrected chi connectivity index (χ4v) is 2.26. The average Bonchev–Trinajstić information content (AvgIpc) is 2.46. The average molecular weight is 300 g/mol. The van der Waals surface area contributed by atoms with Gasteiger partial charge in [0.25, 0.3) is 11.2 Å². The predicted octanol–water partition coefficient (Wildman–Crippen LogP) is 2.29. The largest absolute Gasteiger partial charge is 0.384 e. The van der Waals surface area contributed by atoms with Crippen molar-refractivity contribution < 1.29 is 4.92 Å². The topological polar surface area (TPSA) is 115 Å². The number of nitrogens with one attached hydrogen (secondary N) is 1. The molecule has 2 rings (SSSR count). The quantitative estimate of drug-likeness (QED) is 0.390. The van der Waals surface area contributed by atoms with E-state index in [4.69, 9.17) is 11.1 Å². The maximum Gasteiger partial charge on any atom is 0.269 e. The number of pyridine rings is 1. The number of hydrogen-bond donors (Lipinski definition) is 2. The number of nitrogens with two attached hydrogens (primary N) is 1. The van der Waals surface area contributed by atoms with E-state index in [2.05, 4.69) is 0 Å². The highest BCUT2D eigenvalue weighted by Crippen LogP contribution is 2.23. The molecule has 1 heterocycles. The number of non-ortho nitro benzene ring substituents is 1. The first kappa shape index (κ1) is 15.4. The van der Waals surface area contributed by atoms with Crippen LogP contribution in [-0.2, 0) is 0 Å². The minimum absolute atomic E-state index is 0.0115. The van der Waals surface area contributed by atoms with E-state index >= 15 is 0 Å². The van der Waals surface area contributed by atoms with Crippen molar-refractivity contribution >= 4 is 11.5 Å². The number of aromatic nitrogens is 1. The van der Waals surface area contributed by atoms with Gasteiger partial charge in [0.1, 0.15) is 5.84 Å². The van der Waals surface area contributed by atoms with E-state index in [0.29, 0.717) is 11.3 Å². The summed E-state index contributed by atoms with van der Waals surface area (Å²) in [5, 5.41) is 18.2. The molecule has 0 fully saturated rings. The Bertz CT molecular complexity index is 791. The molecule has 3 N–H and O–H groups in total. The highest BCUT2D eigenvalue weighted by atomic mass is 16.6. The lowest BCUT2D eigenvalue weighted by molar-refractivity contribution is -0.384. The van der Waals surface area contributed by atoms with Crippen molar-refractivity contribution in [3.8, 4) is 11.3 Å². The molecule has 0 radical (unpaired) electrons. The van der Waals surface area contributed by atoms with Gasteiger partial charge in [-0.3, -0.25) is 20.3 Å². The van der Waals surface area contributed by atoms with Gasteiger partial charge in [-0.1, -0.05) is 0 Å². The van der Waals surface area contributed by atoms with Gasteiger partial charge >= 0.3 is 0 Å². The van der Waals surface area contributed by atoms with Crippen molar-refractivity contribution in [1.82, 2.24) is 4.57 Å². The number of amidine groups is 1. The summed E-state index contributed by atoms with van der Waals surface area (Å²) in [4.78, 5) is 22.7. The van der Waals surface area contributed by atoms with Gasteiger partial charge in [-0.2, -0.15) is 0 Å². The lowest BCUT2D eigenvalue weighted by Gasteiger charge is -2.17.